The van der Waals surface area contributed by atoms with Gasteiger partial charge in [-0.15, -0.1) is 11.8 Å². The molecule has 0 aliphatic heterocycles. The number of Topliss-reactive ketones (excluding diaryl/α,β-unsaturated/α-hetero) is 1. The summed E-state index contributed by atoms with van der Waals surface area (Å²) in [5.74, 6) is 2.56. The molecule has 0 radical (unpaired) electrons. The summed E-state index contributed by atoms with van der Waals surface area (Å²) in [6.07, 6.45) is 3.11. The fraction of sp³-hybridized carbons (Fsp3) is 0.267. The van der Waals surface area contributed by atoms with Crippen LogP contribution in [0.1, 0.15) is 17.7 Å². The van der Waals surface area contributed by atoms with Crippen LogP contribution in [0.2, 0.25) is 0 Å². The number of carbonyl (C=O) groups excluding carboxylic acids is 1. The van der Waals surface area contributed by atoms with E-state index < -0.39 is 0 Å². The van der Waals surface area contributed by atoms with Gasteiger partial charge in [-0.1, -0.05) is 30.3 Å². The van der Waals surface area contributed by atoms with Crippen molar-refractivity contribution in [3.05, 3.63) is 60.1 Å². The zero-order chi connectivity index (χ0) is 12.6. The maximum Gasteiger partial charge on any atom is 0.143 e. The Hall–Kier alpha value is -1.48. The summed E-state index contributed by atoms with van der Waals surface area (Å²) >= 11 is 1.61. The Morgan fingerprint density at radius 2 is 1.94 bits per heavy atom. The Kier molecular flexibility index (Phi) is 5.09. The van der Waals surface area contributed by atoms with Crippen LogP contribution in [0.15, 0.2) is 53.1 Å². The molecule has 2 aromatic rings. The molecule has 0 saturated heterocycles. The Morgan fingerprint density at radius 1 is 1.11 bits per heavy atom. The number of carbonyl (C=O) groups is 1. The van der Waals surface area contributed by atoms with E-state index in [-0.39, 0.29) is 0 Å². The lowest BCUT2D eigenvalue weighted by molar-refractivity contribution is -0.116. The third-order valence-electron chi connectivity index (χ3n) is 2.62. The molecule has 1 aromatic heterocycles. The molecular weight excluding hydrogens is 244 g/mol. The fourth-order valence-electron chi connectivity index (χ4n) is 1.66. The largest absolute Gasteiger partial charge is 0.468 e. The van der Waals surface area contributed by atoms with Gasteiger partial charge in [-0.2, -0.15) is 0 Å². The monoisotopic (exact) mass is 260 g/mol. The van der Waals surface area contributed by atoms with E-state index >= 15 is 0 Å². The van der Waals surface area contributed by atoms with E-state index in [9.17, 15) is 4.79 Å². The van der Waals surface area contributed by atoms with Crippen LogP contribution in [0, 0.1) is 0 Å². The summed E-state index contributed by atoms with van der Waals surface area (Å²) in [4.78, 5) is 11.7. The Balaban J connectivity index is 1.63. The molecule has 0 aliphatic carbocycles. The van der Waals surface area contributed by atoms with E-state index in [1.165, 1.54) is 5.56 Å². The third kappa shape index (κ3) is 4.41. The molecule has 0 bridgehead atoms. The van der Waals surface area contributed by atoms with E-state index in [1.807, 2.05) is 30.3 Å². The van der Waals surface area contributed by atoms with Crippen LogP contribution in [0.25, 0.3) is 0 Å². The molecule has 0 spiro atoms. The van der Waals surface area contributed by atoms with Gasteiger partial charge in [0.25, 0.3) is 0 Å². The van der Waals surface area contributed by atoms with Crippen molar-refractivity contribution in [2.75, 3.05) is 5.75 Å². The van der Waals surface area contributed by atoms with Gasteiger partial charge in [-0.3, -0.25) is 4.79 Å². The van der Waals surface area contributed by atoms with Gasteiger partial charge in [-0.05, 0) is 24.1 Å². The van der Waals surface area contributed by atoms with Crippen molar-refractivity contribution in [2.24, 2.45) is 0 Å². The molecule has 0 atom stereocenters. The highest BCUT2D eigenvalue weighted by Gasteiger charge is 2.04. The van der Waals surface area contributed by atoms with E-state index in [0.29, 0.717) is 18.0 Å². The van der Waals surface area contributed by atoms with Crippen LogP contribution in [-0.2, 0) is 17.0 Å². The third-order valence-corrected chi connectivity index (χ3v) is 3.64. The van der Waals surface area contributed by atoms with Crippen LogP contribution in [0.3, 0.4) is 0 Å². The Bertz CT molecular complexity index is 463. The van der Waals surface area contributed by atoms with Crippen LogP contribution in [-0.4, -0.2) is 11.5 Å². The average molecular weight is 260 g/mol. The molecule has 1 heterocycles. The average Bonchev–Trinajstić information content (AvgIpc) is 2.91. The van der Waals surface area contributed by atoms with E-state index in [4.69, 9.17) is 4.42 Å². The molecule has 2 rings (SSSR count). The van der Waals surface area contributed by atoms with Gasteiger partial charge in [0.15, 0.2) is 0 Å². The number of ketones is 1. The van der Waals surface area contributed by atoms with E-state index in [2.05, 4.69) is 12.1 Å². The summed E-state index contributed by atoms with van der Waals surface area (Å²) < 4.78 is 5.21. The number of benzene rings is 1. The highest BCUT2D eigenvalue weighted by atomic mass is 32.2. The summed E-state index contributed by atoms with van der Waals surface area (Å²) in [5.41, 5.74) is 1.22. The molecule has 0 fully saturated rings. The molecule has 0 unspecified atom stereocenters. The van der Waals surface area contributed by atoms with Gasteiger partial charge < -0.3 is 4.42 Å². The second kappa shape index (κ2) is 7.07. The first kappa shape index (κ1) is 13.0. The SMILES string of the molecule is O=C(CCc1ccccc1)CSCc1ccco1. The number of furan rings is 1. The van der Waals surface area contributed by atoms with Gasteiger partial charge in [0.05, 0.1) is 17.8 Å². The zero-order valence-electron chi connectivity index (χ0n) is 10.2. The maximum absolute atomic E-state index is 11.7. The van der Waals surface area contributed by atoms with Crippen molar-refractivity contribution in [3.63, 3.8) is 0 Å². The molecule has 3 heteroatoms. The van der Waals surface area contributed by atoms with Gasteiger partial charge in [-0.25, -0.2) is 0 Å². The Morgan fingerprint density at radius 3 is 2.67 bits per heavy atom. The van der Waals surface area contributed by atoms with Crippen molar-refractivity contribution in [3.8, 4) is 0 Å². The molecule has 0 amide bonds. The molecule has 94 valence electrons. The van der Waals surface area contributed by atoms with Crippen LogP contribution in [0.5, 0.6) is 0 Å². The first-order valence-corrected chi connectivity index (χ1v) is 7.16. The second-order valence-electron chi connectivity index (χ2n) is 4.10. The van der Waals surface area contributed by atoms with Gasteiger partial charge >= 0.3 is 0 Å². The highest BCUT2D eigenvalue weighted by molar-refractivity contribution is 7.99. The van der Waals surface area contributed by atoms with Crippen LogP contribution < -0.4 is 0 Å². The zero-order valence-corrected chi connectivity index (χ0v) is 11.0. The molecular formula is C15H16O2S. The van der Waals surface area contributed by atoms with Gasteiger partial charge in [0.2, 0.25) is 0 Å². The first-order chi connectivity index (χ1) is 8.84. The minimum absolute atomic E-state index is 0.301. The predicted molar refractivity (Wildman–Crippen MR) is 74.6 cm³/mol. The molecule has 0 aliphatic rings. The molecule has 18 heavy (non-hydrogen) atoms. The summed E-state index contributed by atoms with van der Waals surface area (Å²) in [5, 5.41) is 0. The van der Waals surface area contributed by atoms with Crippen molar-refractivity contribution in [1.82, 2.24) is 0 Å². The van der Waals surface area contributed by atoms with Crippen LogP contribution in [0.4, 0.5) is 0 Å². The second-order valence-corrected chi connectivity index (χ2v) is 5.08. The molecule has 0 N–H and O–H groups in total. The topological polar surface area (TPSA) is 30.2 Å². The number of aryl methyl sites for hydroxylation is 1. The predicted octanol–water partition coefficient (Wildman–Crippen LogP) is 3.71. The van der Waals surface area contributed by atoms with Crippen molar-refractivity contribution >= 4 is 17.5 Å². The van der Waals surface area contributed by atoms with E-state index in [0.717, 1.165) is 17.9 Å². The minimum atomic E-state index is 0.301. The lowest BCUT2D eigenvalue weighted by Gasteiger charge is -2.01. The molecule has 1 aromatic carbocycles. The lowest BCUT2D eigenvalue weighted by Crippen LogP contribution is -2.03. The standard InChI is InChI=1S/C15H16O2S/c16-14(9-8-13-5-2-1-3-6-13)11-18-12-15-7-4-10-17-15/h1-7,10H,8-9,11-12H2. The van der Waals surface area contributed by atoms with Gasteiger partial charge in [0.1, 0.15) is 11.5 Å². The highest BCUT2D eigenvalue weighted by Crippen LogP contribution is 2.13. The van der Waals surface area contributed by atoms with Crippen molar-refractivity contribution in [2.45, 2.75) is 18.6 Å². The van der Waals surface area contributed by atoms with Crippen molar-refractivity contribution < 1.29 is 9.21 Å². The van der Waals surface area contributed by atoms with Crippen molar-refractivity contribution in [1.29, 1.82) is 0 Å². The lowest BCUT2D eigenvalue weighted by atomic mass is 10.1. The van der Waals surface area contributed by atoms with E-state index in [1.54, 1.807) is 18.0 Å². The number of hydrogen-bond acceptors (Lipinski definition) is 3. The minimum Gasteiger partial charge on any atom is -0.468 e. The summed E-state index contributed by atoms with van der Waals surface area (Å²) in [7, 11) is 0. The van der Waals surface area contributed by atoms with Crippen LogP contribution >= 0.6 is 11.8 Å². The first-order valence-electron chi connectivity index (χ1n) is 6.00. The smallest absolute Gasteiger partial charge is 0.143 e. The maximum atomic E-state index is 11.7. The quantitative estimate of drug-likeness (QED) is 0.760. The Labute approximate surface area is 111 Å². The number of rotatable bonds is 7. The molecule has 2 nitrogen and oxygen atoms in total. The number of hydrogen-bond donors (Lipinski definition) is 0. The summed E-state index contributed by atoms with van der Waals surface area (Å²) in [6, 6.07) is 13.9. The normalized spacial score (nSPS) is 10.4. The summed E-state index contributed by atoms with van der Waals surface area (Å²) in [6.45, 7) is 0. The number of thioether (sulfide) groups is 1. The molecule has 0 saturated carbocycles. The fourth-order valence-corrected chi connectivity index (χ4v) is 2.50. The van der Waals surface area contributed by atoms with Gasteiger partial charge in [0, 0.05) is 6.42 Å².